The smallest absolute Gasteiger partial charge is 0.394 e. The van der Waals surface area contributed by atoms with E-state index in [1.807, 2.05) is 0 Å². The minimum absolute atomic E-state index is 0.472. The highest BCUT2D eigenvalue weighted by atomic mass is 31.2. The summed E-state index contributed by atoms with van der Waals surface area (Å²) < 4.78 is 147. The van der Waals surface area contributed by atoms with E-state index in [-0.39, 0.29) is 0 Å². The summed E-state index contributed by atoms with van der Waals surface area (Å²) in [6.07, 6.45) is -120. The van der Waals surface area contributed by atoms with Crippen molar-refractivity contribution in [2.75, 3.05) is 99.0 Å². The lowest BCUT2D eigenvalue weighted by atomic mass is 9.93. The van der Waals surface area contributed by atoms with Crippen LogP contribution in [0.5, 0.6) is 0 Å². The average molecular weight is 2080 g/mol. The van der Waals surface area contributed by atoms with Crippen LogP contribution in [0.3, 0.4) is 0 Å². The van der Waals surface area contributed by atoms with Crippen molar-refractivity contribution in [3.63, 3.8) is 0 Å². The van der Waals surface area contributed by atoms with Gasteiger partial charge in [0, 0.05) is 20.4 Å². The number of carbonyl (C=O) groups is 2. The molecule has 11 heterocycles. The van der Waals surface area contributed by atoms with Crippen molar-refractivity contribution < 1.29 is 301 Å². The number of nitrogens with one attached hydrogen (secondary N) is 3. The number of rotatable bonds is 42. The summed E-state index contributed by atoms with van der Waals surface area (Å²) in [5.41, 5.74) is 0. The minimum atomic E-state index is -4.91. The Morgan fingerprint density at radius 2 is 0.550 bits per heavy atom. The Morgan fingerprint density at radius 1 is 0.279 bits per heavy atom. The summed E-state index contributed by atoms with van der Waals surface area (Å²) in [6, 6.07) is -3.73. The van der Waals surface area contributed by atoms with E-state index in [0.29, 0.717) is 0 Å². The summed E-state index contributed by atoms with van der Waals surface area (Å²) in [5.74, 6) is -1.89. The van der Waals surface area contributed by atoms with Crippen LogP contribution < -0.4 is 16.0 Å². The van der Waals surface area contributed by atoms with Gasteiger partial charge in [-0.3, -0.25) is 24.0 Å². The summed E-state index contributed by atoms with van der Waals surface area (Å²) in [6.45, 7) is -14.1. The van der Waals surface area contributed by atoms with E-state index in [9.17, 15) is 188 Å². The standard InChI is InChI=1S/C75H130N3O61P/c1-18(89)77-32-43(101)57(28(13-87)121-65(32)76-3-4-119-140(115,116)120-15-20(91)5-79)132-66-33(78-19(2)90)44(102)58(29(14-88)129-66)133-71-56(114)60(135-74-64(51(109)40(98)26(11-85)127-74)139-75-63(50(108)39(97)27(12-86)128-75)138-70-54(112)47(105)36(94)23(8-82)124-70)42(100)31(131-71)16-117-67-55(113)59(134-73-62(49(107)38(96)25(10-84)126-73)137-69-53(111)46(104)35(93)22(7-81)123-69)41(99)30(130-67)17-118-72-61(48(106)37(95)24(9-83)125-72)136-68-52(110)45(103)34(92)21(6-80)122-68/h20-76,79-88,91-114H,3-17H2,1-2H3,(H,77,89)(H,78,90)(H,115,116)/t20?,21-,22-,23-,24-,25-,26-,27-,28-,29-,30-,31-,32-,33-,34-,35-,36-,37-,38-,39-,40-,41-,42-,43-,44-,45+,46+,47+,48+,49+,50+,51+,52+,53+,54+,55+,56+,57-,58-,59+,60+,61+,62+,63+,64+,65?,66+,67+,68-,69-,70-,71+,72+,73-,74-,75-/m1/s1. The van der Waals surface area contributed by atoms with Crippen LogP contribution >= 0.6 is 7.82 Å². The third-order valence-electron chi connectivity index (χ3n) is 25.1. The molecule has 0 aromatic heterocycles. The zero-order chi connectivity index (χ0) is 103. The molecule has 0 spiro atoms. The maximum absolute atomic E-state index is 13.3. The van der Waals surface area contributed by atoms with E-state index in [4.69, 9.17) is 109 Å². The van der Waals surface area contributed by atoms with Crippen LogP contribution in [-0.2, 0) is 123 Å². The lowest BCUT2D eigenvalue weighted by Crippen LogP contribution is -2.71. The number of hydrogen-bond donors (Lipinski definition) is 38. The lowest BCUT2D eigenvalue weighted by Gasteiger charge is -2.51. The highest BCUT2D eigenvalue weighted by Gasteiger charge is 2.63. The Kier molecular flexibility index (Phi) is 43.5. The van der Waals surface area contributed by atoms with E-state index in [2.05, 4.69) is 20.5 Å². The zero-order valence-corrected chi connectivity index (χ0v) is 75.0. The van der Waals surface area contributed by atoms with Gasteiger partial charge in [-0.1, -0.05) is 0 Å². The van der Waals surface area contributed by atoms with Crippen molar-refractivity contribution in [1.29, 1.82) is 0 Å². The zero-order valence-electron chi connectivity index (χ0n) is 74.2. The summed E-state index contributed by atoms with van der Waals surface area (Å²) in [4.78, 5) is 36.2. The van der Waals surface area contributed by atoms with Crippen molar-refractivity contribution in [2.24, 2.45) is 0 Å². The maximum Gasteiger partial charge on any atom is 0.472 e. The van der Waals surface area contributed by atoms with E-state index < -0.39 is 462 Å². The van der Waals surface area contributed by atoms with Gasteiger partial charge in [0.1, 0.15) is 275 Å². The van der Waals surface area contributed by atoms with Gasteiger partial charge >= 0.3 is 7.82 Å². The molecule has 0 saturated carbocycles. The Bertz CT molecular complexity index is 3770. The van der Waals surface area contributed by atoms with Crippen LogP contribution in [0, 0.1) is 0 Å². The van der Waals surface area contributed by atoms with Gasteiger partial charge in [-0.25, -0.2) is 4.57 Å². The molecule has 0 aromatic carbocycles. The van der Waals surface area contributed by atoms with Crippen LogP contribution in [-0.4, -0.2) is 633 Å². The van der Waals surface area contributed by atoms with Gasteiger partial charge in [0.2, 0.25) is 11.8 Å². The molecule has 11 aliphatic heterocycles. The fourth-order valence-electron chi connectivity index (χ4n) is 17.3. The van der Waals surface area contributed by atoms with E-state index >= 15 is 0 Å². The van der Waals surface area contributed by atoms with Crippen LogP contribution in [0.15, 0.2) is 0 Å². The molecule has 64 nitrogen and oxygen atoms in total. The summed E-state index contributed by atoms with van der Waals surface area (Å²) in [7, 11) is -4.91. The first kappa shape index (κ1) is 117. The van der Waals surface area contributed by atoms with Crippen molar-refractivity contribution in [3.8, 4) is 0 Å². The van der Waals surface area contributed by atoms with Crippen LogP contribution in [0.4, 0.5) is 0 Å². The average Bonchev–Trinajstić information content (AvgIpc) is 0.773. The topological polar surface area (TPSA) is 1010 Å². The van der Waals surface area contributed by atoms with Crippen molar-refractivity contribution in [3.05, 3.63) is 0 Å². The summed E-state index contributed by atoms with van der Waals surface area (Å²) in [5, 5.41) is 386. The van der Waals surface area contributed by atoms with Crippen LogP contribution in [0.25, 0.3) is 0 Å². The molecule has 0 bridgehead atoms. The van der Waals surface area contributed by atoms with Gasteiger partial charge in [-0.2, -0.15) is 0 Å². The monoisotopic (exact) mass is 2080 g/mol. The first-order valence-corrected chi connectivity index (χ1v) is 45.8. The maximum atomic E-state index is 13.3. The summed E-state index contributed by atoms with van der Waals surface area (Å²) >= 11 is 0. The van der Waals surface area contributed by atoms with Crippen molar-refractivity contribution in [1.82, 2.24) is 16.0 Å². The Morgan fingerprint density at radius 3 is 0.921 bits per heavy atom. The highest BCUT2D eigenvalue weighted by Crippen LogP contribution is 2.45. The molecule has 65 heteroatoms. The van der Waals surface area contributed by atoms with Gasteiger partial charge in [-0.15, -0.1) is 0 Å². The second-order valence-corrected chi connectivity index (χ2v) is 36.2. The van der Waals surface area contributed by atoms with Crippen molar-refractivity contribution in [2.45, 2.75) is 358 Å². The molecule has 140 heavy (non-hydrogen) atoms. The number of phosphoric ester groups is 1. The normalized spacial score (nSPS) is 49.0. The van der Waals surface area contributed by atoms with E-state index in [1.54, 1.807) is 0 Å². The van der Waals surface area contributed by atoms with Crippen molar-refractivity contribution >= 4 is 19.6 Å². The molecule has 11 fully saturated rings. The first-order chi connectivity index (χ1) is 66.3. The number of amides is 2. The van der Waals surface area contributed by atoms with Crippen LogP contribution in [0.2, 0.25) is 0 Å². The number of ether oxygens (including phenoxy) is 21. The predicted molar refractivity (Wildman–Crippen MR) is 426 cm³/mol. The number of hydrogen-bond acceptors (Lipinski definition) is 61. The SMILES string of the molecule is CC(=O)N[C@H]1[C@H](O[C@H]2[C@H](O)[C@@H](NC(C)=O)C(NCCOP(=O)(O)OCC(O)CO)O[C@@H]2CO)O[C@H](CO)[C@@H](O[C@@H]2O[C@H](CO[C@H]3O[C@H](CO[C@H]4O[C@H](CO)[C@@H](O)[C@H](O)[C@@H]4O[C@H]4O[C@H](CO)[C@@H](O)[C@H](O)[C@@H]4O)[C@@H](O)[C@H](O[C@H]4O[C@H](CO)[C@@H](O)[C@H](O)[C@@H]4O[C@H]4O[C@H](CO)[C@@H](O)[C@H](O)[C@@H]4O)[C@@H]3O)[C@@H](O)[C@H](O[C@H]3O[C@H](CO)[C@@H](O)[C@H](O)[C@@H]3O[C@H]3O[C@H](CO)[C@@H](O)[C@H](O)[C@@H]3O[C@H]3O[C@H](CO)[C@@H](O)[C@H](O)[C@@H]3O)[C@@H]2O)[C@@H]1O. The molecule has 11 aliphatic rings. The fourth-order valence-corrected chi connectivity index (χ4v) is 18.0. The van der Waals surface area contributed by atoms with Gasteiger partial charge < -0.3 is 289 Å². The Hall–Kier alpha value is -3.19. The molecule has 11 saturated heterocycles. The first-order valence-electron chi connectivity index (χ1n) is 44.3. The largest absolute Gasteiger partial charge is 0.472 e. The second-order valence-electron chi connectivity index (χ2n) is 34.8. The predicted octanol–water partition coefficient (Wildman–Crippen LogP) is -25.6. The molecule has 3 unspecified atom stereocenters. The molecule has 2 amide bonds. The third kappa shape index (κ3) is 26.7. The van der Waals surface area contributed by atoms with E-state index in [1.165, 1.54) is 0 Å². The van der Waals surface area contributed by atoms with Gasteiger partial charge in [-0.05, 0) is 0 Å². The number of carbonyl (C=O) groups excluding carboxylic acids is 2. The molecule has 11 rings (SSSR count). The quantitative estimate of drug-likeness (QED) is 0.0199. The van der Waals surface area contributed by atoms with Gasteiger partial charge in [0.15, 0.2) is 62.9 Å². The highest BCUT2D eigenvalue weighted by molar-refractivity contribution is 7.47. The minimum Gasteiger partial charge on any atom is -0.394 e. The molecule has 57 atom stereocenters. The molecular weight excluding hydrogens is 1950 g/mol. The number of aliphatic hydroxyl groups excluding tert-OH is 34. The van der Waals surface area contributed by atoms with Crippen LogP contribution in [0.1, 0.15) is 13.8 Å². The van der Waals surface area contributed by atoms with Gasteiger partial charge in [0.25, 0.3) is 0 Å². The third-order valence-corrected chi connectivity index (χ3v) is 26.1. The Balaban J connectivity index is 0.951. The molecule has 0 radical (unpaired) electrons. The molecule has 38 N–H and O–H groups in total. The number of aliphatic hydroxyl groups is 34. The molecule has 0 aliphatic carbocycles. The number of phosphoric acid groups is 1. The lowest BCUT2D eigenvalue weighted by molar-refractivity contribution is -0.408. The van der Waals surface area contributed by atoms with E-state index in [0.717, 1.165) is 13.8 Å². The molecule has 0 aromatic rings. The fraction of sp³-hybridized carbons (Fsp3) is 0.973. The molecule has 816 valence electrons. The Labute approximate surface area is 791 Å². The molecular formula is C75H130N3O61P. The second kappa shape index (κ2) is 52.0. The van der Waals surface area contributed by atoms with Gasteiger partial charge in [0.05, 0.1) is 98.5 Å².